The van der Waals surface area contributed by atoms with Gasteiger partial charge in [-0.15, -0.1) is 0 Å². The molecule has 150 valence electrons. The summed E-state index contributed by atoms with van der Waals surface area (Å²) >= 11 is 0. The number of carbonyl (C=O) groups is 1. The van der Waals surface area contributed by atoms with Crippen LogP contribution in [-0.2, 0) is 4.79 Å². The van der Waals surface area contributed by atoms with Crippen LogP contribution in [0.25, 0.3) is 0 Å². The summed E-state index contributed by atoms with van der Waals surface area (Å²) in [4.78, 5) is 14.9. The van der Waals surface area contributed by atoms with E-state index in [9.17, 15) is 4.79 Å². The maximum absolute atomic E-state index is 12.7. The number of amides is 1. The minimum atomic E-state index is -0.0860. The Labute approximate surface area is 165 Å². The Bertz CT molecular complexity index is 790. The van der Waals surface area contributed by atoms with Gasteiger partial charge < -0.3 is 24.8 Å². The van der Waals surface area contributed by atoms with Gasteiger partial charge in [0.1, 0.15) is 17.2 Å². The van der Waals surface area contributed by atoms with Crippen molar-refractivity contribution in [2.75, 3.05) is 52.8 Å². The predicted molar refractivity (Wildman–Crippen MR) is 108 cm³/mol. The molecule has 0 bridgehead atoms. The average molecular weight is 385 g/mol. The highest BCUT2D eigenvalue weighted by atomic mass is 16.5. The highest BCUT2D eigenvalue weighted by molar-refractivity contribution is 5.92. The first-order chi connectivity index (χ1) is 13.6. The monoisotopic (exact) mass is 385 g/mol. The van der Waals surface area contributed by atoms with Crippen molar-refractivity contribution in [1.82, 2.24) is 10.2 Å². The van der Waals surface area contributed by atoms with Gasteiger partial charge in [-0.25, -0.2) is 0 Å². The molecule has 1 aliphatic heterocycles. The Morgan fingerprint density at radius 2 is 1.82 bits per heavy atom. The van der Waals surface area contributed by atoms with Crippen LogP contribution in [0, 0.1) is 0 Å². The van der Waals surface area contributed by atoms with E-state index in [1.54, 1.807) is 39.5 Å². The largest absolute Gasteiger partial charge is 0.497 e. The van der Waals surface area contributed by atoms with Crippen LogP contribution in [-0.4, -0.2) is 58.3 Å². The lowest BCUT2D eigenvalue weighted by Crippen LogP contribution is -2.48. The molecular formula is C21H27N3O4. The van der Waals surface area contributed by atoms with E-state index in [2.05, 4.69) is 15.5 Å². The summed E-state index contributed by atoms with van der Waals surface area (Å²) in [6.07, 6.45) is 0. The first-order valence-corrected chi connectivity index (χ1v) is 9.25. The van der Waals surface area contributed by atoms with E-state index < -0.39 is 0 Å². The first-order valence-electron chi connectivity index (χ1n) is 9.25. The van der Waals surface area contributed by atoms with Crippen LogP contribution in [0.1, 0.15) is 11.6 Å². The number of methoxy groups -OCH3 is 3. The second-order valence-corrected chi connectivity index (χ2v) is 6.58. The zero-order chi connectivity index (χ0) is 19.9. The van der Waals surface area contributed by atoms with Crippen LogP contribution in [0.4, 0.5) is 5.69 Å². The summed E-state index contributed by atoms with van der Waals surface area (Å²) in [6.45, 7) is 2.66. The quantitative estimate of drug-likeness (QED) is 0.762. The first kappa shape index (κ1) is 20.0. The number of nitrogens with zero attached hydrogens (tertiary/aromatic N) is 1. The molecule has 2 aromatic rings. The van der Waals surface area contributed by atoms with Crippen LogP contribution in [0.3, 0.4) is 0 Å². The lowest BCUT2D eigenvalue weighted by molar-refractivity contribution is -0.118. The fourth-order valence-electron chi connectivity index (χ4n) is 3.45. The summed E-state index contributed by atoms with van der Waals surface area (Å²) in [5.41, 5.74) is 1.72. The number of carbonyl (C=O) groups excluding carboxylic acids is 1. The topological polar surface area (TPSA) is 72.1 Å². The molecule has 0 aliphatic carbocycles. The van der Waals surface area contributed by atoms with Crippen molar-refractivity contribution in [2.24, 2.45) is 0 Å². The normalized spacial score (nSPS) is 17.0. The lowest BCUT2D eigenvalue weighted by Gasteiger charge is -2.36. The summed E-state index contributed by atoms with van der Waals surface area (Å²) in [5, 5.41) is 6.35. The maximum Gasteiger partial charge on any atom is 0.238 e. The van der Waals surface area contributed by atoms with Crippen molar-refractivity contribution < 1.29 is 19.0 Å². The molecule has 1 atom stereocenters. The van der Waals surface area contributed by atoms with Crippen LogP contribution in [0.15, 0.2) is 42.5 Å². The van der Waals surface area contributed by atoms with Crippen LogP contribution in [0.2, 0.25) is 0 Å². The standard InChI is InChI=1S/C21H27N3O4/c1-26-16-10-15(11-17(12-16)27-2)23-21(25)14-24-9-8-22-13-19(24)18-6-4-5-7-20(18)28-3/h4-7,10-12,19,22H,8-9,13-14H2,1-3H3,(H,23,25). The van der Waals surface area contributed by atoms with Crippen molar-refractivity contribution in [2.45, 2.75) is 6.04 Å². The van der Waals surface area contributed by atoms with Crippen molar-refractivity contribution in [3.05, 3.63) is 48.0 Å². The van der Waals surface area contributed by atoms with Gasteiger partial charge in [-0.1, -0.05) is 18.2 Å². The second kappa shape index (κ2) is 9.43. The van der Waals surface area contributed by atoms with Gasteiger partial charge in [-0.2, -0.15) is 0 Å². The van der Waals surface area contributed by atoms with Gasteiger partial charge in [-0.3, -0.25) is 9.69 Å². The molecule has 1 amide bonds. The molecule has 0 radical (unpaired) electrons. The number of para-hydroxylation sites is 1. The smallest absolute Gasteiger partial charge is 0.238 e. The molecule has 0 saturated carbocycles. The molecule has 7 heteroatoms. The zero-order valence-corrected chi connectivity index (χ0v) is 16.5. The van der Waals surface area contributed by atoms with Crippen LogP contribution >= 0.6 is 0 Å². The lowest BCUT2D eigenvalue weighted by atomic mass is 10.0. The van der Waals surface area contributed by atoms with Crippen molar-refractivity contribution in [1.29, 1.82) is 0 Å². The third kappa shape index (κ3) is 4.74. The van der Waals surface area contributed by atoms with Crippen molar-refractivity contribution in [3.8, 4) is 17.2 Å². The van der Waals surface area contributed by atoms with E-state index >= 15 is 0 Å². The molecule has 2 aromatic carbocycles. The molecule has 1 aliphatic rings. The highest BCUT2D eigenvalue weighted by Crippen LogP contribution is 2.30. The average Bonchev–Trinajstić information content (AvgIpc) is 2.73. The molecule has 28 heavy (non-hydrogen) atoms. The van der Waals surface area contributed by atoms with Gasteiger partial charge in [0.15, 0.2) is 0 Å². The van der Waals surface area contributed by atoms with E-state index in [0.717, 1.165) is 30.9 Å². The number of hydrogen-bond acceptors (Lipinski definition) is 6. The molecule has 1 unspecified atom stereocenters. The minimum Gasteiger partial charge on any atom is -0.497 e. The van der Waals surface area contributed by atoms with E-state index in [1.807, 2.05) is 24.3 Å². The molecule has 3 rings (SSSR count). The number of ether oxygens (including phenoxy) is 3. The van der Waals surface area contributed by atoms with Crippen LogP contribution in [0.5, 0.6) is 17.2 Å². The molecule has 7 nitrogen and oxygen atoms in total. The fraction of sp³-hybridized carbons (Fsp3) is 0.381. The summed E-state index contributed by atoms with van der Waals surface area (Å²) < 4.78 is 16.0. The molecule has 1 saturated heterocycles. The number of anilines is 1. The van der Waals surface area contributed by atoms with Gasteiger partial charge in [0, 0.05) is 49.1 Å². The Morgan fingerprint density at radius 3 is 2.50 bits per heavy atom. The number of rotatable bonds is 7. The van der Waals surface area contributed by atoms with E-state index in [4.69, 9.17) is 14.2 Å². The predicted octanol–water partition coefficient (Wildman–Crippen LogP) is 2.30. The SMILES string of the molecule is COc1cc(NC(=O)CN2CCNCC2c2ccccc2OC)cc(OC)c1. The molecule has 2 N–H and O–H groups in total. The molecule has 1 heterocycles. The van der Waals surface area contributed by atoms with Gasteiger partial charge in [0.2, 0.25) is 5.91 Å². The number of nitrogens with one attached hydrogen (secondary N) is 2. The third-order valence-electron chi connectivity index (χ3n) is 4.83. The Balaban J connectivity index is 1.73. The fourth-order valence-corrected chi connectivity index (χ4v) is 3.45. The van der Waals surface area contributed by atoms with Crippen molar-refractivity contribution >= 4 is 11.6 Å². The molecular weight excluding hydrogens is 358 g/mol. The molecule has 0 spiro atoms. The number of benzene rings is 2. The zero-order valence-electron chi connectivity index (χ0n) is 16.5. The van der Waals surface area contributed by atoms with Gasteiger partial charge in [-0.05, 0) is 6.07 Å². The molecule has 0 aromatic heterocycles. The van der Waals surface area contributed by atoms with Crippen molar-refractivity contribution in [3.63, 3.8) is 0 Å². The third-order valence-corrected chi connectivity index (χ3v) is 4.83. The summed E-state index contributed by atoms with van der Waals surface area (Å²) in [7, 11) is 4.83. The van der Waals surface area contributed by atoms with Gasteiger partial charge in [0.25, 0.3) is 0 Å². The Hall–Kier alpha value is -2.77. The number of piperazine rings is 1. The van der Waals surface area contributed by atoms with E-state index in [1.165, 1.54) is 0 Å². The van der Waals surface area contributed by atoms with E-state index in [0.29, 0.717) is 17.2 Å². The maximum atomic E-state index is 12.7. The Kier molecular flexibility index (Phi) is 6.73. The summed E-state index contributed by atoms with van der Waals surface area (Å²) in [5.74, 6) is 2.00. The minimum absolute atomic E-state index is 0.0653. The summed E-state index contributed by atoms with van der Waals surface area (Å²) in [6, 6.07) is 13.3. The van der Waals surface area contributed by atoms with Gasteiger partial charge in [0.05, 0.1) is 33.9 Å². The van der Waals surface area contributed by atoms with E-state index in [-0.39, 0.29) is 18.5 Å². The van der Waals surface area contributed by atoms with Crippen LogP contribution < -0.4 is 24.8 Å². The highest BCUT2D eigenvalue weighted by Gasteiger charge is 2.27. The number of hydrogen-bond donors (Lipinski definition) is 2. The molecule has 1 fully saturated rings. The Morgan fingerprint density at radius 1 is 1.11 bits per heavy atom. The second-order valence-electron chi connectivity index (χ2n) is 6.58. The van der Waals surface area contributed by atoms with Gasteiger partial charge >= 0.3 is 0 Å².